The van der Waals surface area contributed by atoms with Crippen LogP contribution in [0.5, 0.6) is 0 Å². The summed E-state index contributed by atoms with van der Waals surface area (Å²) < 4.78 is 0. The Hall–Kier alpha value is 0.230. The minimum Gasteiger partial charge on any atom is -0.397 e. The maximum atomic E-state index is 7.57. The van der Waals surface area contributed by atoms with E-state index in [1.165, 1.54) is 25.7 Å². The van der Waals surface area contributed by atoms with Crippen LogP contribution < -0.4 is 11.1 Å². The van der Waals surface area contributed by atoms with Crippen molar-refractivity contribution in [3.05, 3.63) is 0 Å². The van der Waals surface area contributed by atoms with Gasteiger partial charge in [0.05, 0.1) is 0 Å². The molecule has 1 aliphatic carbocycles. The highest BCUT2D eigenvalue weighted by Crippen LogP contribution is 2.32. The van der Waals surface area contributed by atoms with Crippen molar-refractivity contribution in [2.75, 3.05) is 32.5 Å². The number of aliphatic hydroxyl groups is 1. The van der Waals surface area contributed by atoms with Gasteiger partial charge in [0.2, 0.25) is 0 Å². The Morgan fingerprint density at radius 1 is 1.00 bits per heavy atom. The number of nitrogens with one attached hydrogen (secondary N) is 1. The van der Waals surface area contributed by atoms with Crippen LogP contribution in [0.4, 0.5) is 0 Å². The van der Waals surface area contributed by atoms with Crippen molar-refractivity contribution >= 4 is 12.6 Å². The molecule has 0 aromatic carbocycles. The molecule has 0 atom stereocenters. The van der Waals surface area contributed by atoms with Crippen LogP contribution in [0, 0.1) is 5.92 Å². The van der Waals surface area contributed by atoms with Crippen LogP contribution in [0.3, 0.4) is 0 Å². The Balaban J connectivity index is -0.0000000203. The zero-order chi connectivity index (χ0) is 15.9. The summed E-state index contributed by atoms with van der Waals surface area (Å²) in [5.74, 6) is 2.09. The molecule has 154 valence electrons. The van der Waals surface area contributed by atoms with Gasteiger partial charge in [0.25, 0.3) is 0 Å². The summed E-state index contributed by atoms with van der Waals surface area (Å²) in [6.45, 7) is 12.0. The summed E-state index contributed by atoms with van der Waals surface area (Å²) in [5.41, 5.74) is 4.85. The van der Waals surface area contributed by atoms with Gasteiger partial charge in [-0.1, -0.05) is 83.1 Å². The van der Waals surface area contributed by atoms with Crippen LogP contribution in [0.2, 0.25) is 0 Å². The van der Waals surface area contributed by atoms with Crippen molar-refractivity contribution in [2.45, 2.75) is 90.0 Å². The van der Waals surface area contributed by atoms with Crippen LogP contribution in [-0.2, 0) is 0 Å². The lowest BCUT2D eigenvalue weighted by atomic mass is 10.2. The van der Waals surface area contributed by atoms with Gasteiger partial charge in [-0.25, -0.2) is 0 Å². The molecule has 4 heteroatoms. The third-order valence-corrected chi connectivity index (χ3v) is 1.75. The summed E-state index contributed by atoms with van der Waals surface area (Å²) in [6, 6.07) is 0. The monoisotopic (exact) mass is 360 g/mol. The molecule has 1 fully saturated rings. The molecule has 3 nitrogen and oxygen atoms in total. The maximum Gasteiger partial charge on any atom is 0.0402 e. The summed E-state index contributed by atoms with van der Waals surface area (Å²) >= 11 is 3.79. The molecule has 0 bridgehead atoms. The molecule has 0 amide bonds. The van der Waals surface area contributed by atoms with Gasteiger partial charge in [-0.2, -0.15) is 12.6 Å². The average molecular weight is 361 g/mol. The van der Waals surface area contributed by atoms with E-state index >= 15 is 0 Å². The fraction of sp³-hybridized carbons (Fsp3) is 1.00. The Kier molecular flexibility index (Phi) is 144. The molecule has 4 N–H and O–H groups in total. The average Bonchev–Trinajstić information content (AvgIpc) is 3.17. The highest BCUT2D eigenvalue weighted by molar-refractivity contribution is 7.80. The SMILES string of the molecule is C.C.C.C.CCCC1CC1.CCN.CCNC.CCO.CCS. The molecule has 0 radical (unpaired) electrons. The van der Waals surface area contributed by atoms with E-state index in [2.05, 4.69) is 31.8 Å². The van der Waals surface area contributed by atoms with E-state index in [0.29, 0.717) is 0 Å². The number of thiol groups is 1. The summed E-state index contributed by atoms with van der Waals surface area (Å²) in [6.07, 6.45) is 5.92. The highest BCUT2D eigenvalue weighted by Gasteiger charge is 2.18. The quantitative estimate of drug-likeness (QED) is 0.476. The van der Waals surface area contributed by atoms with Gasteiger partial charge in [-0.05, 0) is 38.7 Å². The maximum absolute atomic E-state index is 7.57. The lowest BCUT2D eigenvalue weighted by Gasteiger charge is -1.82. The minimum absolute atomic E-state index is 0. The summed E-state index contributed by atoms with van der Waals surface area (Å²) in [5, 5.41) is 10.5. The first-order valence-corrected chi connectivity index (χ1v) is 8.29. The Morgan fingerprint density at radius 2 is 1.22 bits per heavy atom. The Labute approximate surface area is 157 Å². The van der Waals surface area contributed by atoms with Gasteiger partial charge in [0, 0.05) is 6.61 Å². The van der Waals surface area contributed by atoms with Crippen molar-refractivity contribution in [3.63, 3.8) is 0 Å². The molecule has 0 aromatic heterocycles. The molecular weight excluding hydrogens is 304 g/mol. The van der Waals surface area contributed by atoms with E-state index in [1.807, 2.05) is 20.9 Å². The highest BCUT2D eigenvalue weighted by atomic mass is 32.1. The molecule has 0 aromatic rings. The van der Waals surface area contributed by atoms with E-state index in [4.69, 9.17) is 10.8 Å². The van der Waals surface area contributed by atoms with E-state index in [1.54, 1.807) is 6.92 Å². The van der Waals surface area contributed by atoms with Crippen molar-refractivity contribution in [3.8, 4) is 0 Å². The van der Waals surface area contributed by atoms with Crippen LogP contribution in [0.1, 0.15) is 90.0 Å². The number of hydrogen-bond acceptors (Lipinski definition) is 4. The zero-order valence-corrected chi connectivity index (χ0v) is 15.1. The first-order valence-electron chi connectivity index (χ1n) is 7.65. The van der Waals surface area contributed by atoms with Gasteiger partial charge in [0.1, 0.15) is 0 Å². The van der Waals surface area contributed by atoms with E-state index in [-0.39, 0.29) is 36.3 Å². The van der Waals surface area contributed by atoms with Crippen LogP contribution in [-0.4, -0.2) is 37.6 Å². The Morgan fingerprint density at radius 3 is 1.26 bits per heavy atom. The van der Waals surface area contributed by atoms with Crippen LogP contribution >= 0.6 is 12.6 Å². The number of nitrogens with two attached hydrogens (primary N) is 1. The molecule has 1 rings (SSSR count). The predicted molar refractivity (Wildman–Crippen MR) is 121 cm³/mol. The topological polar surface area (TPSA) is 58.3 Å². The fourth-order valence-electron chi connectivity index (χ4n) is 0.815. The van der Waals surface area contributed by atoms with Crippen molar-refractivity contribution in [1.29, 1.82) is 0 Å². The number of hydrogen-bond donors (Lipinski definition) is 4. The van der Waals surface area contributed by atoms with Gasteiger partial charge in [0.15, 0.2) is 0 Å². The van der Waals surface area contributed by atoms with E-state index in [0.717, 1.165) is 24.8 Å². The second-order valence-electron chi connectivity index (χ2n) is 3.98. The second kappa shape index (κ2) is 67.0. The normalized spacial score (nSPS) is 9.26. The largest absolute Gasteiger partial charge is 0.397 e. The van der Waals surface area contributed by atoms with Gasteiger partial charge in [-0.3, -0.25) is 0 Å². The van der Waals surface area contributed by atoms with Gasteiger partial charge in [-0.15, -0.1) is 0 Å². The lowest BCUT2D eigenvalue weighted by Crippen LogP contribution is -2.01. The van der Waals surface area contributed by atoms with Gasteiger partial charge >= 0.3 is 0 Å². The predicted octanol–water partition coefficient (Wildman–Crippen LogP) is 5.87. The molecule has 1 saturated carbocycles. The summed E-state index contributed by atoms with van der Waals surface area (Å²) in [7, 11) is 1.93. The standard InChI is InChI=1S/C6H12.C3H9N.C2H7N.C2H6O.C2H6S.4CH4/c1-2-3-6-4-5-6;1-3-4-2;3*1-2-3;;;;/h6H,2-5H2,1H3;4H,3H2,1-2H3;2-3H2,1H3;2*3H,2H2,1H3;4*1H4. The lowest BCUT2D eigenvalue weighted by molar-refractivity contribution is 0.318. The van der Waals surface area contributed by atoms with E-state index < -0.39 is 0 Å². The second-order valence-corrected chi connectivity index (χ2v) is 4.61. The molecule has 0 aliphatic heterocycles. The smallest absolute Gasteiger partial charge is 0.0402 e. The van der Waals surface area contributed by atoms with E-state index in [9.17, 15) is 0 Å². The molecule has 0 unspecified atom stereocenters. The number of aliphatic hydroxyl groups excluding tert-OH is 1. The Bertz CT molecular complexity index is 96.6. The third-order valence-electron chi connectivity index (χ3n) is 1.75. The third kappa shape index (κ3) is 174. The fourth-order valence-corrected chi connectivity index (χ4v) is 0.815. The number of rotatable bonds is 3. The molecular formula is C19H56N2OS. The molecule has 23 heavy (non-hydrogen) atoms. The van der Waals surface area contributed by atoms with Gasteiger partial charge < -0.3 is 16.2 Å². The van der Waals surface area contributed by atoms with Crippen molar-refractivity contribution in [2.24, 2.45) is 11.7 Å². The first kappa shape index (κ1) is 49.5. The molecule has 0 heterocycles. The zero-order valence-electron chi connectivity index (χ0n) is 14.2. The summed E-state index contributed by atoms with van der Waals surface area (Å²) in [4.78, 5) is 0. The first-order chi connectivity index (χ1) is 9.09. The minimum atomic E-state index is 0. The molecule has 0 saturated heterocycles. The van der Waals surface area contributed by atoms with Crippen molar-refractivity contribution in [1.82, 2.24) is 5.32 Å². The molecule has 0 spiro atoms. The van der Waals surface area contributed by atoms with Crippen LogP contribution in [0.25, 0.3) is 0 Å². The molecule has 1 aliphatic rings. The van der Waals surface area contributed by atoms with Crippen LogP contribution in [0.15, 0.2) is 0 Å². The van der Waals surface area contributed by atoms with Crippen molar-refractivity contribution < 1.29 is 5.11 Å².